The van der Waals surface area contributed by atoms with Crippen LogP contribution in [0.25, 0.3) is 0 Å². The van der Waals surface area contributed by atoms with Crippen LogP contribution in [-0.4, -0.2) is 67.2 Å². The van der Waals surface area contributed by atoms with Crippen LogP contribution in [0.5, 0.6) is 0 Å². The van der Waals surface area contributed by atoms with E-state index >= 15 is 0 Å². The van der Waals surface area contributed by atoms with Crippen molar-refractivity contribution in [1.82, 2.24) is 15.1 Å². The maximum atomic E-state index is 13.5. The largest absolute Gasteiger partial charge is 0.353 e. The van der Waals surface area contributed by atoms with Gasteiger partial charge in [0.2, 0.25) is 5.91 Å². The molecule has 29 heavy (non-hydrogen) atoms. The van der Waals surface area contributed by atoms with Crippen LogP contribution in [0.2, 0.25) is 10.0 Å². The molecular weight excluding hydrogens is 413 g/mol. The van der Waals surface area contributed by atoms with E-state index in [4.69, 9.17) is 27.9 Å². The average Bonchev–Trinajstić information content (AvgIpc) is 3.04. The van der Waals surface area contributed by atoms with Gasteiger partial charge >= 0.3 is 0 Å². The van der Waals surface area contributed by atoms with Gasteiger partial charge in [-0.3, -0.25) is 14.5 Å². The third-order valence-corrected chi connectivity index (χ3v) is 6.60. The molecule has 1 N–H and O–H groups in total. The van der Waals surface area contributed by atoms with E-state index in [1.807, 2.05) is 19.0 Å². The minimum atomic E-state index is -0.737. The van der Waals surface area contributed by atoms with Crippen LogP contribution in [0.15, 0.2) is 18.2 Å². The number of hydrogen-bond acceptors (Lipinski definition) is 4. The molecule has 1 spiro atoms. The van der Waals surface area contributed by atoms with Crippen molar-refractivity contribution in [3.63, 3.8) is 0 Å². The lowest BCUT2D eigenvalue weighted by Crippen LogP contribution is -2.57. The van der Waals surface area contributed by atoms with Crippen LogP contribution in [-0.2, 0) is 9.53 Å². The molecule has 0 unspecified atom stereocenters. The fraction of sp³-hybridized carbons (Fsp3) is 0.619. The summed E-state index contributed by atoms with van der Waals surface area (Å²) in [7, 11) is 3.90. The molecule has 3 rings (SSSR count). The summed E-state index contributed by atoms with van der Waals surface area (Å²) in [6, 6.07) is 4.16. The first-order chi connectivity index (χ1) is 13.7. The van der Waals surface area contributed by atoms with E-state index in [2.05, 4.69) is 12.2 Å². The van der Waals surface area contributed by atoms with Crippen molar-refractivity contribution in [2.75, 3.05) is 33.8 Å². The second-order valence-electron chi connectivity index (χ2n) is 8.35. The lowest BCUT2D eigenvalue weighted by molar-refractivity contribution is -0.127. The van der Waals surface area contributed by atoms with Crippen molar-refractivity contribution >= 4 is 35.0 Å². The van der Waals surface area contributed by atoms with E-state index in [9.17, 15) is 9.59 Å². The first kappa shape index (κ1) is 22.3. The van der Waals surface area contributed by atoms with Crippen molar-refractivity contribution in [2.45, 2.75) is 44.4 Å². The van der Waals surface area contributed by atoms with E-state index in [1.165, 1.54) is 0 Å². The minimum Gasteiger partial charge on any atom is -0.353 e. The number of nitrogens with zero attached hydrogens (tertiary/aromatic N) is 2. The Morgan fingerprint density at radius 3 is 2.55 bits per heavy atom. The summed E-state index contributed by atoms with van der Waals surface area (Å²) in [5.74, 6) is 0.151. The predicted molar refractivity (Wildman–Crippen MR) is 114 cm³/mol. The van der Waals surface area contributed by atoms with Gasteiger partial charge in [-0.1, -0.05) is 30.1 Å². The average molecular weight is 442 g/mol. The number of carbonyl (C=O) groups is 2. The van der Waals surface area contributed by atoms with Crippen LogP contribution in [0.4, 0.5) is 0 Å². The summed E-state index contributed by atoms with van der Waals surface area (Å²) in [6.45, 7) is 3.65. The Labute approximate surface area is 182 Å². The molecule has 160 valence electrons. The van der Waals surface area contributed by atoms with Crippen molar-refractivity contribution < 1.29 is 14.3 Å². The molecule has 6 nitrogen and oxygen atoms in total. The Bertz CT molecular complexity index is 764. The molecule has 8 heteroatoms. The summed E-state index contributed by atoms with van der Waals surface area (Å²) in [5, 5.41) is 3.65. The van der Waals surface area contributed by atoms with E-state index in [0.29, 0.717) is 28.1 Å². The molecule has 1 heterocycles. The van der Waals surface area contributed by atoms with Crippen LogP contribution < -0.4 is 5.32 Å². The summed E-state index contributed by atoms with van der Waals surface area (Å²) >= 11 is 12.2. The van der Waals surface area contributed by atoms with Crippen molar-refractivity contribution in [3.05, 3.63) is 33.8 Å². The maximum Gasteiger partial charge on any atom is 0.256 e. The van der Waals surface area contributed by atoms with Gasteiger partial charge in [-0.2, -0.15) is 0 Å². The Kier molecular flexibility index (Phi) is 7.10. The Morgan fingerprint density at radius 1 is 1.24 bits per heavy atom. The fourth-order valence-electron chi connectivity index (χ4n) is 4.07. The highest BCUT2D eigenvalue weighted by molar-refractivity contribution is 6.42. The summed E-state index contributed by atoms with van der Waals surface area (Å²) in [5.41, 5.74) is -0.326. The van der Waals surface area contributed by atoms with Crippen LogP contribution >= 0.6 is 23.2 Å². The number of likely N-dealkylation sites (N-methyl/N-ethyl adjacent to an activating group) is 1. The van der Waals surface area contributed by atoms with Crippen molar-refractivity contribution in [1.29, 1.82) is 0 Å². The van der Waals surface area contributed by atoms with Crippen LogP contribution in [0.1, 0.15) is 43.0 Å². The Morgan fingerprint density at radius 2 is 1.93 bits per heavy atom. The normalized spacial score (nSPS) is 26.9. The smallest absolute Gasteiger partial charge is 0.256 e. The SMILES string of the molecule is CC1CCC2(CC1)OC[C@@H](C(=O)NCCN(C)C)N2C(=O)c1ccc(Cl)c(Cl)c1. The summed E-state index contributed by atoms with van der Waals surface area (Å²) in [4.78, 5) is 30.1. The third-order valence-electron chi connectivity index (χ3n) is 5.86. The van der Waals surface area contributed by atoms with Gasteiger partial charge in [0, 0.05) is 18.7 Å². The molecule has 2 amide bonds. The summed E-state index contributed by atoms with van der Waals surface area (Å²) in [6.07, 6.45) is 3.37. The number of halogens is 2. The fourth-order valence-corrected chi connectivity index (χ4v) is 4.37. The molecule has 1 aliphatic carbocycles. The molecule has 0 aromatic heterocycles. The molecule has 1 aromatic carbocycles. The van der Waals surface area contributed by atoms with Crippen molar-refractivity contribution in [2.24, 2.45) is 5.92 Å². The lowest BCUT2D eigenvalue weighted by atomic mass is 9.83. The molecule has 1 aromatic rings. The Balaban J connectivity index is 1.87. The highest BCUT2D eigenvalue weighted by Gasteiger charge is 2.53. The second kappa shape index (κ2) is 9.21. The van der Waals surface area contributed by atoms with Gasteiger partial charge in [0.1, 0.15) is 11.8 Å². The zero-order valence-corrected chi connectivity index (χ0v) is 18.7. The van der Waals surface area contributed by atoms with Gasteiger partial charge in [-0.15, -0.1) is 0 Å². The second-order valence-corrected chi connectivity index (χ2v) is 9.17. The quantitative estimate of drug-likeness (QED) is 0.759. The van der Waals surface area contributed by atoms with Gasteiger partial charge in [0.05, 0.1) is 16.7 Å². The molecular formula is C21H29Cl2N3O3. The minimum absolute atomic E-state index is 0.184. The van der Waals surface area contributed by atoms with Gasteiger partial charge in [-0.25, -0.2) is 0 Å². The predicted octanol–water partition coefficient (Wildman–Crippen LogP) is 3.42. The van der Waals surface area contributed by atoms with E-state index in [1.54, 1.807) is 23.1 Å². The highest BCUT2D eigenvalue weighted by atomic mass is 35.5. The van der Waals surface area contributed by atoms with Crippen LogP contribution in [0, 0.1) is 5.92 Å². The number of hydrogen-bond donors (Lipinski definition) is 1. The van der Waals surface area contributed by atoms with Gasteiger partial charge < -0.3 is 15.0 Å². The van der Waals surface area contributed by atoms with E-state index < -0.39 is 11.8 Å². The van der Waals surface area contributed by atoms with E-state index in [0.717, 1.165) is 32.2 Å². The van der Waals surface area contributed by atoms with Gasteiger partial charge in [0.25, 0.3) is 5.91 Å². The topological polar surface area (TPSA) is 61.9 Å². The van der Waals surface area contributed by atoms with Crippen LogP contribution in [0.3, 0.4) is 0 Å². The number of nitrogens with one attached hydrogen (secondary N) is 1. The number of ether oxygens (including phenoxy) is 1. The zero-order chi connectivity index (χ0) is 21.2. The molecule has 0 bridgehead atoms. The third kappa shape index (κ3) is 4.88. The number of benzene rings is 1. The number of carbonyl (C=O) groups excluding carboxylic acids is 2. The molecule has 1 aliphatic heterocycles. The first-order valence-corrected chi connectivity index (χ1v) is 10.8. The lowest BCUT2D eigenvalue weighted by Gasteiger charge is -2.43. The molecule has 1 saturated heterocycles. The van der Waals surface area contributed by atoms with Crippen molar-refractivity contribution in [3.8, 4) is 0 Å². The van der Waals surface area contributed by atoms with Gasteiger partial charge in [0.15, 0.2) is 0 Å². The molecule has 0 radical (unpaired) electrons. The Hall–Kier alpha value is -1.34. The monoisotopic (exact) mass is 441 g/mol. The highest BCUT2D eigenvalue weighted by Crippen LogP contribution is 2.43. The number of rotatable bonds is 5. The molecule has 1 saturated carbocycles. The maximum absolute atomic E-state index is 13.5. The van der Waals surface area contributed by atoms with E-state index in [-0.39, 0.29) is 18.4 Å². The molecule has 2 aliphatic rings. The standard InChI is InChI=1S/C21H29Cl2N3O3/c1-14-6-8-21(9-7-14)26(20(28)15-4-5-16(22)17(23)12-15)18(13-29-21)19(27)24-10-11-25(2)3/h4-5,12,14,18H,6-11,13H2,1-3H3,(H,24,27)/t14?,18-,21?/m0/s1. The van der Waals surface area contributed by atoms with Gasteiger partial charge in [-0.05, 0) is 63.9 Å². The number of amides is 2. The summed E-state index contributed by atoms with van der Waals surface area (Å²) < 4.78 is 6.17. The zero-order valence-electron chi connectivity index (χ0n) is 17.2. The molecule has 1 atom stereocenters. The molecule has 2 fully saturated rings. The first-order valence-electron chi connectivity index (χ1n) is 10.1.